The molecule has 4 rings (SSSR count). The Hall–Kier alpha value is -2.95. The number of carbonyl (C=O) groups is 1. The van der Waals surface area contributed by atoms with E-state index in [-0.39, 0.29) is 11.5 Å². The quantitative estimate of drug-likeness (QED) is 0.721. The lowest BCUT2D eigenvalue weighted by Crippen LogP contribution is -2.22. The van der Waals surface area contributed by atoms with Gasteiger partial charge in [0.1, 0.15) is 5.56 Å². The summed E-state index contributed by atoms with van der Waals surface area (Å²) in [7, 11) is 0. The number of fused-ring (bicyclic) bond motifs is 5. The number of pyridine rings is 2. The molecule has 0 bridgehead atoms. The lowest BCUT2D eigenvalue weighted by Gasteiger charge is -2.27. The fourth-order valence-electron chi connectivity index (χ4n) is 3.66. The summed E-state index contributed by atoms with van der Waals surface area (Å²) in [5.41, 5.74) is 4.96. The molecule has 0 radical (unpaired) electrons. The van der Waals surface area contributed by atoms with Gasteiger partial charge in [-0.3, -0.25) is 9.78 Å². The highest BCUT2D eigenvalue weighted by Gasteiger charge is 2.27. The van der Waals surface area contributed by atoms with E-state index in [0.29, 0.717) is 0 Å². The Labute approximate surface area is 138 Å². The van der Waals surface area contributed by atoms with Crippen LogP contribution in [0.1, 0.15) is 39.9 Å². The van der Waals surface area contributed by atoms with E-state index < -0.39 is 11.5 Å². The Morgan fingerprint density at radius 3 is 2.92 bits per heavy atom. The lowest BCUT2D eigenvalue weighted by atomic mass is 9.79. The number of H-pyrrole nitrogens is 1. The average Bonchev–Trinajstić information content (AvgIpc) is 2.56. The Morgan fingerprint density at radius 1 is 1.38 bits per heavy atom. The zero-order valence-corrected chi connectivity index (χ0v) is 13.4. The third-order valence-electron chi connectivity index (χ3n) is 4.80. The molecule has 0 spiro atoms. The smallest absolute Gasteiger partial charge is 0.341 e. The Morgan fingerprint density at radius 2 is 2.17 bits per heavy atom. The molecule has 2 N–H and O–H groups in total. The number of aromatic carboxylic acids is 1. The maximum atomic E-state index is 12.1. The molecule has 5 nitrogen and oxygen atoms in total. The first-order chi connectivity index (χ1) is 11.5. The molecule has 1 unspecified atom stereocenters. The third-order valence-corrected chi connectivity index (χ3v) is 4.80. The number of aromatic amines is 1. The minimum absolute atomic E-state index is 0.119. The van der Waals surface area contributed by atoms with E-state index in [1.54, 1.807) is 6.20 Å². The van der Waals surface area contributed by atoms with Crippen molar-refractivity contribution in [2.45, 2.75) is 26.2 Å². The van der Waals surface area contributed by atoms with Crippen LogP contribution in [0.4, 0.5) is 0 Å². The minimum Gasteiger partial charge on any atom is -0.477 e. The number of nitrogens with zero attached hydrogens (tertiary/aromatic N) is 1. The number of carboxylic acid groups (broad SMARTS) is 1. The largest absolute Gasteiger partial charge is 0.477 e. The molecule has 2 heterocycles. The molecule has 3 aromatic rings. The van der Waals surface area contributed by atoms with Crippen LogP contribution in [0.5, 0.6) is 0 Å². The predicted molar refractivity (Wildman–Crippen MR) is 91.6 cm³/mol. The van der Waals surface area contributed by atoms with Gasteiger partial charge in [-0.15, -0.1) is 0 Å². The summed E-state index contributed by atoms with van der Waals surface area (Å²) >= 11 is 0. The second kappa shape index (κ2) is 5.03. The van der Waals surface area contributed by atoms with Crippen molar-refractivity contribution in [3.63, 3.8) is 0 Å². The summed E-state index contributed by atoms with van der Waals surface area (Å²) in [5.74, 6) is -1.08. The van der Waals surface area contributed by atoms with Crippen LogP contribution in [0.15, 0.2) is 35.3 Å². The van der Waals surface area contributed by atoms with Gasteiger partial charge in [-0.05, 0) is 54.2 Å². The summed E-state index contributed by atoms with van der Waals surface area (Å²) in [6.07, 6.45) is 2.57. The zero-order chi connectivity index (χ0) is 17.0. The van der Waals surface area contributed by atoms with Crippen molar-refractivity contribution < 1.29 is 9.90 Å². The van der Waals surface area contributed by atoms with Crippen LogP contribution in [0.25, 0.3) is 22.2 Å². The number of carboxylic acids is 1. The van der Waals surface area contributed by atoms with E-state index in [4.69, 9.17) is 0 Å². The van der Waals surface area contributed by atoms with Crippen molar-refractivity contribution in [2.24, 2.45) is 0 Å². The molecule has 1 aliphatic rings. The Balaban J connectivity index is 2.09. The van der Waals surface area contributed by atoms with E-state index in [1.165, 1.54) is 6.07 Å². The number of benzene rings is 1. The number of rotatable bonds is 1. The van der Waals surface area contributed by atoms with Crippen molar-refractivity contribution in [3.05, 3.63) is 63.1 Å². The van der Waals surface area contributed by atoms with Gasteiger partial charge < -0.3 is 10.1 Å². The van der Waals surface area contributed by atoms with Crippen LogP contribution in [0.2, 0.25) is 0 Å². The van der Waals surface area contributed by atoms with E-state index in [1.807, 2.05) is 26.0 Å². The van der Waals surface area contributed by atoms with E-state index in [9.17, 15) is 14.7 Å². The van der Waals surface area contributed by atoms with Gasteiger partial charge in [0.25, 0.3) is 5.56 Å². The van der Waals surface area contributed by atoms with Crippen molar-refractivity contribution in [2.75, 3.05) is 0 Å². The van der Waals surface area contributed by atoms with Crippen molar-refractivity contribution in [3.8, 4) is 11.3 Å². The second-order valence-corrected chi connectivity index (χ2v) is 6.37. The molecule has 2 aromatic heterocycles. The monoisotopic (exact) mass is 320 g/mol. The normalized spacial score (nSPS) is 15.8. The first kappa shape index (κ1) is 14.6. The van der Waals surface area contributed by atoms with Crippen LogP contribution >= 0.6 is 0 Å². The van der Waals surface area contributed by atoms with Crippen LogP contribution in [0.3, 0.4) is 0 Å². The fraction of sp³-hybridized carbons (Fsp3) is 0.211. The molecule has 1 atom stereocenters. The molecular formula is C19H16N2O3. The molecule has 0 saturated carbocycles. The SMILES string of the molecule is Cc1cc2c(c3cccnc13)CC(C)c1cc(C(=O)O)c(=O)[nH]c1-2. The summed E-state index contributed by atoms with van der Waals surface area (Å²) < 4.78 is 0. The molecule has 0 amide bonds. The summed E-state index contributed by atoms with van der Waals surface area (Å²) in [4.78, 5) is 30.7. The molecule has 24 heavy (non-hydrogen) atoms. The van der Waals surface area contributed by atoms with Gasteiger partial charge in [-0.25, -0.2) is 4.79 Å². The van der Waals surface area contributed by atoms with Crippen molar-refractivity contribution in [1.29, 1.82) is 0 Å². The molecule has 120 valence electrons. The van der Waals surface area contributed by atoms with Gasteiger partial charge in [0.05, 0.1) is 11.2 Å². The van der Waals surface area contributed by atoms with Gasteiger partial charge in [0.2, 0.25) is 0 Å². The van der Waals surface area contributed by atoms with Gasteiger partial charge >= 0.3 is 5.97 Å². The van der Waals surface area contributed by atoms with Crippen molar-refractivity contribution in [1.82, 2.24) is 9.97 Å². The van der Waals surface area contributed by atoms with Crippen LogP contribution < -0.4 is 5.56 Å². The maximum Gasteiger partial charge on any atom is 0.341 e. The van der Waals surface area contributed by atoms with Gasteiger partial charge in [0, 0.05) is 17.1 Å². The van der Waals surface area contributed by atoms with Crippen LogP contribution in [0, 0.1) is 6.92 Å². The molecule has 1 aliphatic carbocycles. The number of aromatic nitrogens is 2. The van der Waals surface area contributed by atoms with E-state index in [0.717, 1.165) is 45.3 Å². The molecule has 0 aliphatic heterocycles. The zero-order valence-electron chi connectivity index (χ0n) is 13.4. The van der Waals surface area contributed by atoms with E-state index >= 15 is 0 Å². The van der Waals surface area contributed by atoms with Crippen molar-refractivity contribution >= 4 is 16.9 Å². The van der Waals surface area contributed by atoms with E-state index in [2.05, 4.69) is 16.0 Å². The number of aryl methyl sites for hydroxylation is 1. The fourth-order valence-corrected chi connectivity index (χ4v) is 3.66. The number of nitrogens with one attached hydrogen (secondary N) is 1. The average molecular weight is 320 g/mol. The first-order valence-electron chi connectivity index (χ1n) is 7.85. The lowest BCUT2D eigenvalue weighted by molar-refractivity contribution is 0.0695. The summed E-state index contributed by atoms with van der Waals surface area (Å²) in [6, 6.07) is 7.52. The number of hydrogen-bond donors (Lipinski definition) is 2. The molecule has 5 heteroatoms. The Bertz CT molecular complexity index is 1070. The minimum atomic E-state index is -1.20. The Kier molecular flexibility index (Phi) is 3.06. The standard InChI is InChI=1S/C19H16N2O3/c1-9-6-13-11-4-3-5-20-16(11)10(2)7-14(13)17-12(9)8-15(19(23)24)18(22)21-17/h3-5,7-9H,6H2,1-2H3,(H,21,22)(H,23,24). The van der Waals surface area contributed by atoms with Gasteiger partial charge in [-0.1, -0.05) is 13.0 Å². The predicted octanol–water partition coefficient (Wildman–Crippen LogP) is 3.26. The van der Waals surface area contributed by atoms with Crippen LogP contribution in [-0.4, -0.2) is 21.0 Å². The summed E-state index contributed by atoms with van der Waals surface area (Å²) in [5, 5.41) is 10.3. The highest BCUT2D eigenvalue weighted by molar-refractivity contribution is 5.94. The highest BCUT2D eigenvalue weighted by Crippen LogP contribution is 2.41. The van der Waals surface area contributed by atoms with Gasteiger partial charge in [0.15, 0.2) is 0 Å². The third kappa shape index (κ3) is 1.98. The summed E-state index contributed by atoms with van der Waals surface area (Å²) in [6.45, 7) is 4.05. The molecule has 0 fully saturated rings. The van der Waals surface area contributed by atoms with Crippen LogP contribution in [-0.2, 0) is 6.42 Å². The molecular weight excluding hydrogens is 304 g/mol. The molecule has 1 aromatic carbocycles. The topological polar surface area (TPSA) is 83.0 Å². The van der Waals surface area contributed by atoms with Gasteiger partial charge in [-0.2, -0.15) is 0 Å². The highest BCUT2D eigenvalue weighted by atomic mass is 16.4. The maximum absolute atomic E-state index is 12.1. The number of hydrogen-bond acceptors (Lipinski definition) is 3. The second-order valence-electron chi connectivity index (χ2n) is 6.37. The first-order valence-corrected chi connectivity index (χ1v) is 7.85. The molecule has 0 saturated heterocycles.